The van der Waals surface area contributed by atoms with Crippen LogP contribution in [-0.2, 0) is 9.53 Å². The van der Waals surface area contributed by atoms with Crippen molar-refractivity contribution in [3.63, 3.8) is 0 Å². The van der Waals surface area contributed by atoms with Gasteiger partial charge >= 0.3 is 12.1 Å². The molecule has 1 rings (SSSR count). The summed E-state index contributed by atoms with van der Waals surface area (Å²) < 4.78 is 18.3. The average molecular weight is 247 g/mol. The molecule has 17 heavy (non-hydrogen) atoms. The SMILES string of the molecule is CC(C)(C)OC(=O)N1CC(F)CCC1C(=O)O. The molecule has 2 unspecified atom stereocenters. The van der Waals surface area contributed by atoms with Crippen molar-refractivity contribution in [2.75, 3.05) is 6.54 Å². The first-order valence-corrected chi connectivity index (χ1v) is 5.57. The Morgan fingerprint density at radius 3 is 2.41 bits per heavy atom. The van der Waals surface area contributed by atoms with E-state index in [4.69, 9.17) is 9.84 Å². The minimum Gasteiger partial charge on any atom is -0.480 e. The van der Waals surface area contributed by atoms with Crippen LogP contribution in [0.5, 0.6) is 0 Å². The maximum absolute atomic E-state index is 13.2. The fourth-order valence-corrected chi connectivity index (χ4v) is 1.71. The summed E-state index contributed by atoms with van der Waals surface area (Å²) in [5.74, 6) is -1.12. The fraction of sp³-hybridized carbons (Fsp3) is 0.818. The highest BCUT2D eigenvalue weighted by Gasteiger charge is 2.38. The number of piperidine rings is 1. The number of hydrogen-bond donors (Lipinski definition) is 1. The van der Waals surface area contributed by atoms with Crippen LogP contribution in [0.2, 0.25) is 0 Å². The number of rotatable bonds is 1. The molecule has 0 spiro atoms. The van der Waals surface area contributed by atoms with Gasteiger partial charge in [-0.25, -0.2) is 14.0 Å². The molecule has 1 aliphatic heterocycles. The van der Waals surface area contributed by atoms with E-state index in [1.165, 1.54) is 0 Å². The van der Waals surface area contributed by atoms with E-state index in [2.05, 4.69) is 0 Å². The zero-order valence-corrected chi connectivity index (χ0v) is 10.3. The van der Waals surface area contributed by atoms with Gasteiger partial charge in [-0.15, -0.1) is 0 Å². The normalized spacial score (nSPS) is 25.5. The molecule has 98 valence electrons. The van der Waals surface area contributed by atoms with E-state index in [9.17, 15) is 14.0 Å². The van der Waals surface area contributed by atoms with Crippen LogP contribution >= 0.6 is 0 Å². The minimum atomic E-state index is -1.18. The topological polar surface area (TPSA) is 66.8 Å². The zero-order valence-electron chi connectivity index (χ0n) is 10.3. The van der Waals surface area contributed by atoms with Gasteiger partial charge in [-0.2, -0.15) is 0 Å². The van der Waals surface area contributed by atoms with Crippen LogP contribution in [0.4, 0.5) is 9.18 Å². The first-order chi connectivity index (χ1) is 7.70. The molecule has 5 nitrogen and oxygen atoms in total. The molecule has 1 N–H and O–H groups in total. The quantitative estimate of drug-likeness (QED) is 0.767. The largest absolute Gasteiger partial charge is 0.480 e. The molecule has 2 atom stereocenters. The number of ether oxygens (including phenoxy) is 1. The summed E-state index contributed by atoms with van der Waals surface area (Å²) in [5.41, 5.74) is -0.719. The molecule has 1 amide bonds. The highest BCUT2D eigenvalue weighted by Crippen LogP contribution is 2.22. The van der Waals surface area contributed by atoms with E-state index in [1.54, 1.807) is 20.8 Å². The number of carboxylic acid groups (broad SMARTS) is 1. The molecule has 1 fully saturated rings. The van der Waals surface area contributed by atoms with Crippen molar-refractivity contribution in [3.05, 3.63) is 0 Å². The summed E-state index contributed by atoms with van der Waals surface area (Å²) in [5, 5.41) is 8.97. The van der Waals surface area contributed by atoms with Gasteiger partial charge in [-0.3, -0.25) is 4.90 Å². The lowest BCUT2D eigenvalue weighted by Gasteiger charge is -2.35. The molecule has 6 heteroatoms. The molecule has 0 saturated carbocycles. The summed E-state index contributed by atoms with van der Waals surface area (Å²) in [6.45, 7) is 4.82. The van der Waals surface area contributed by atoms with E-state index in [0.29, 0.717) is 0 Å². The zero-order chi connectivity index (χ0) is 13.2. The maximum Gasteiger partial charge on any atom is 0.411 e. The minimum absolute atomic E-state index is 0.121. The lowest BCUT2D eigenvalue weighted by molar-refractivity contribution is -0.145. The lowest BCUT2D eigenvalue weighted by Crippen LogP contribution is -2.52. The number of carbonyl (C=O) groups is 2. The van der Waals surface area contributed by atoms with Crippen LogP contribution < -0.4 is 0 Å². The van der Waals surface area contributed by atoms with Gasteiger partial charge in [0.05, 0.1) is 6.54 Å². The van der Waals surface area contributed by atoms with Crippen molar-refractivity contribution in [2.45, 2.75) is 51.4 Å². The van der Waals surface area contributed by atoms with Gasteiger partial charge in [-0.05, 0) is 33.6 Å². The fourth-order valence-electron chi connectivity index (χ4n) is 1.71. The number of aliphatic carboxylic acids is 1. The Kier molecular flexibility index (Phi) is 3.95. The molecule has 0 aromatic heterocycles. The van der Waals surface area contributed by atoms with Gasteiger partial charge in [0.1, 0.15) is 17.8 Å². The Bertz CT molecular complexity index is 313. The molecule has 1 saturated heterocycles. The first kappa shape index (κ1) is 13.7. The number of carboxylic acids is 1. The first-order valence-electron chi connectivity index (χ1n) is 5.57. The predicted octanol–water partition coefficient (Wildman–Crippen LogP) is 1.81. The molecule has 0 aliphatic carbocycles. The summed E-state index contributed by atoms with van der Waals surface area (Å²) in [4.78, 5) is 23.7. The van der Waals surface area contributed by atoms with Crippen molar-refractivity contribution in [1.29, 1.82) is 0 Å². The number of likely N-dealkylation sites (tertiary alicyclic amines) is 1. The Morgan fingerprint density at radius 1 is 1.35 bits per heavy atom. The smallest absolute Gasteiger partial charge is 0.411 e. The second-order valence-electron chi connectivity index (χ2n) is 5.16. The highest BCUT2D eigenvalue weighted by molar-refractivity contribution is 5.80. The molecule has 0 aromatic carbocycles. The van der Waals surface area contributed by atoms with Gasteiger partial charge in [0.25, 0.3) is 0 Å². The lowest BCUT2D eigenvalue weighted by atomic mass is 10.0. The summed E-state index contributed by atoms with van der Waals surface area (Å²) in [6.07, 6.45) is -1.67. The number of nitrogens with zero attached hydrogens (tertiary/aromatic N) is 1. The van der Waals surface area contributed by atoms with Gasteiger partial charge in [0.15, 0.2) is 0 Å². The van der Waals surface area contributed by atoms with Gasteiger partial charge in [0.2, 0.25) is 0 Å². The standard InChI is InChI=1S/C11H18FNO4/c1-11(2,3)17-10(16)13-6-7(12)4-5-8(13)9(14)15/h7-8H,4-6H2,1-3H3,(H,14,15). The van der Waals surface area contributed by atoms with E-state index in [0.717, 1.165) is 4.90 Å². The number of amides is 1. The van der Waals surface area contributed by atoms with Gasteiger partial charge < -0.3 is 9.84 Å². The second kappa shape index (κ2) is 4.89. The van der Waals surface area contributed by atoms with E-state index in [1.807, 2.05) is 0 Å². The third kappa shape index (κ3) is 3.87. The third-order valence-corrected chi connectivity index (χ3v) is 2.44. The maximum atomic E-state index is 13.2. The Balaban J connectivity index is 2.75. The number of alkyl halides is 1. The van der Waals surface area contributed by atoms with E-state index < -0.39 is 29.9 Å². The number of hydrogen-bond acceptors (Lipinski definition) is 3. The van der Waals surface area contributed by atoms with Crippen LogP contribution in [0, 0.1) is 0 Å². The predicted molar refractivity (Wildman–Crippen MR) is 58.5 cm³/mol. The van der Waals surface area contributed by atoms with Crippen LogP contribution in [-0.4, -0.2) is 46.4 Å². The molecule has 1 heterocycles. The van der Waals surface area contributed by atoms with Gasteiger partial charge in [0, 0.05) is 0 Å². The molecule has 0 aromatic rings. The van der Waals surface area contributed by atoms with Gasteiger partial charge in [-0.1, -0.05) is 0 Å². The Morgan fingerprint density at radius 2 is 1.94 bits per heavy atom. The number of halogens is 1. The van der Waals surface area contributed by atoms with E-state index in [-0.39, 0.29) is 19.4 Å². The number of carbonyl (C=O) groups excluding carboxylic acids is 1. The van der Waals surface area contributed by atoms with E-state index >= 15 is 0 Å². The Hall–Kier alpha value is -1.33. The van der Waals surface area contributed by atoms with Crippen molar-refractivity contribution in [2.24, 2.45) is 0 Å². The highest BCUT2D eigenvalue weighted by atomic mass is 19.1. The summed E-state index contributed by atoms with van der Waals surface area (Å²) in [7, 11) is 0. The third-order valence-electron chi connectivity index (χ3n) is 2.44. The second-order valence-corrected chi connectivity index (χ2v) is 5.16. The molecule has 1 aliphatic rings. The molecular formula is C11H18FNO4. The Labute approximate surface area is 99.5 Å². The monoisotopic (exact) mass is 247 g/mol. The summed E-state index contributed by atoms with van der Waals surface area (Å²) >= 11 is 0. The average Bonchev–Trinajstić information content (AvgIpc) is 2.14. The summed E-state index contributed by atoms with van der Waals surface area (Å²) in [6, 6.07) is -0.989. The molecule has 0 bridgehead atoms. The van der Waals surface area contributed by atoms with Crippen LogP contribution in [0.15, 0.2) is 0 Å². The van der Waals surface area contributed by atoms with Crippen LogP contribution in [0.1, 0.15) is 33.6 Å². The van der Waals surface area contributed by atoms with Crippen molar-refractivity contribution >= 4 is 12.1 Å². The molecular weight excluding hydrogens is 229 g/mol. The van der Waals surface area contributed by atoms with Crippen LogP contribution in [0.25, 0.3) is 0 Å². The van der Waals surface area contributed by atoms with Crippen molar-refractivity contribution in [1.82, 2.24) is 4.90 Å². The van der Waals surface area contributed by atoms with Crippen LogP contribution in [0.3, 0.4) is 0 Å². The van der Waals surface area contributed by atoms with Crippen molar-refractivity contribution < 1.29 is 23.8 Å². The van der Waals surface area contributed by atoms with Crippen molar-refractivity contribution in [3.8, 4) is 0 Å². The molecule has 0 radical (unpaired) electrons.